The first-order valence-electron chi connectivity index (χ1n) is 8.55. The summed E-state index contributed by atoms with van der Waals surface area (Å²) in [5.74, 6) is 1.10. The van der Waals surface area contributed by atoms with E-state index in [0.29, 0.717) is 6.04 Å². The number of aryl methyl sites for hydroxylation is 3. The SMILES string of the molecule is CC(CCc1ncnn1CCc1ccccc1)N1CCOCC1. The van der Waals surface area contributed by atoms with Gasteiger partial charge in [0.1, 0.15) is 12.2 Å². The summed E-state index contributed by atoms with van der Waals surface area (Å²) in [6.45, 7) is 7.00. The Morgan fingerprint density at radius 1 is 1.13 bits per heavy atom. The van der Waals surface area contributed by atoms with Gasteiger partial charge in [-0.05, 0) is 25.3 Å². The Hall–Kier alpha value is -1.72. The molecule has 0 bridgehead atoms. The lowest BCUT2D eigenvalue weighted by molar-refractivity contribution is 0.0186. The zero-order valence-corrected chi connectivity index (χ0v) is 13.9. The highest BCUT2D eigenvalue weighted by Crippen LogP contribution is 2.11. The molecule has 1 atom stereocenters. The Morgan fingerprint density at radius 2 is 1.91 bits per heavy atom. The summed E-state index contributed by atoms with van der Waals surface area (Å²) < 4.78 is 7.48. The fraction of sp³-hybridized carbons (Fsp3) is 0.556. The molecule has 1 aliphatic heterocycles. The van der Waals surface area contributed by atoms with E-state index in [4.69, 9.17) is 4.74 Å². The molecule has 1 saturated heterocycles. The van der Waals surface area contributed by atoms with Gasteiger partial charge >= 0.3 is 0 Å². The molecule has 5 nitrogen and oxygen atoms in total. The summed E-state index contributed by atoms with van der Waals surface area (Å²) in [7, 11) is 0. The zero-order valence-electron chi connectivity index (χ0n) is 13.9. The molecule has 0 aliphatic carbocycles. The lowest BCUT2D eigenvalue weighted by Crippen LogP contribution is -2.42. The van der Waals surface area contributed by atoms with E-state index in [0.717, 1.165) is 57.9 Å². The maximum absolute atomic E-state index is 5.43. The van der Waals surface area contributed by atoms with Gasteiger partial charge in [0.05, 0.1) is 13.2 Å². The maximum Gasteiger partial charge on any atom is 0.138 e. The minimum atomic E-state index is 0.568. The number of nitrogens with zero attached hydrogens (tertiary/aromatic N) is 4. The molecular formula is C18H26N4O. The average molecular weight is 314 g/mol. The van der Waals surface area contributed by atoms with Crippen LogP contribution < -0.4 is 0 Å². The number of benzene rings is 1. The van der Waals surface area contributed by atoms with Gasteiger partial charge in [0.15, 0.2) is 0 Å². The van der Waals surface area contributed by atoms with E-state index in [2.05, 4.69) is 56.9 Å². The van der Waals surface area contributed by atoms with Gasteiger partial charge in [0.25, 0.3) is 0 Å². The van der Waals surface area contributed by atoms with Crippen LogP contribution in [0.3, 0.4) is 0 Å². The van der Waals surface area contributed by atoms with E-state index in [1.54, 1.807) is 6.33 Å². The van der Waals surface area contributed by atoms with Gasteiger partial charge in [-0.1, -0.05) is 30.3 Å². The van der Waals surface area contributed by atoms with Crippen LogP contribution in [-0.4, -0.2) is 52.0 Å². The fourth-order valence-corrected chi connectivity index (χ4v) is 3.09. The van der Waals surface area contributed by atoms with Crippen molar-refractivity contribution in [3.8, 4) is 0 Å². The van der Waals surface area contributed by atoms with Crippen LogP contribution in [0.4, 0.5) is 0 Å². The third-order valence-electron chi connectivity index (χ3n) is 4.61. The molecule has 3 rings (SSSR count). The van der Waals surface area contributed by atoms with Gasteiger partial charge in [-0.15, -0.1) is 0 Å². The van der Waals surface area contributed by atoms with Gasteiger partial charge in [-0.25, -0.2) is 9.67 Å². The first-order valence-corrected chi connectivity index (χ1v) is 8.55. The number of hydrogen-bond acceptors (Lipinski definition) is 4. The van der Waals surface area contributed by atoms with E-state index >= 15 is 0 Å². The molecule has 23 heavy (non-hydrogen) atoms. The zero-order chi connectivity index (χ0) is 15.9. The van der Waals surface area contributed by atoms with Crippen molar-refractivity contribution in [3.05, 3.63) is 48.0 Å². The van der Waals surface area contributed by atoms with Gasteiger partial charge < -0.3 is 4.74 Å². The van der Waals surface area contributed by atoms with Gasteiger partial charge in [-0.3, -0.25) is 4.90 Å². The molecule has 0 saturated carbocycles. The Balaban J connectivity index is 1.49. The van der Waals surface area contributed by atoms with E-state index in [1.807, 2.05) is 0 Å². The van der Waals surface area contributed by atoms with Crippen molar-refractivity contribution in [1.82, 2.24) is 19.7 Å². The van der Waals surface area contributed by atoms with E-state index in [-0.39, 0.29) is 0 Å². The molecule has 0 spiro atoms. The fourth-order valence-electron chi connectivity index (χ4n) is 3.09. The molecule has 0 radical (unpaired) electrons. The first kappa shape index (κ1) is 16.1. The number of morpholine rings is 1. The molecule has 1 aliphatic rings. The van der Waals surface area contributed by atoms with Crippen molar-refractivity contribution in [2.75, 3.05) is 26.3 Å². The third kappa shape index (κ3) is 4.62. The molecule has 5 heteroatoms. The highest BCUT2D eigenvalue weighted by Gasteiger charge is 2.17. The van der Waals surface area contributed by atoms with Crippen LogP contribution in [0, 0.1) is 0 Å². The number of rotatable bonds is 7. The highest BCUT2D eigenvalue weighted by atomic mass is 16.5. The second-order valence-corrected chi connectivity index (χ2v) is 6.17. The molecule has 124 valence electrons. The topological polar surface area (TPSA) is 43.2 Å². The van der Waals surface area contributed by atoms with Crippen molar-refractivity contribution < 1.29 is 4.74 Å². The monoisotopic (exact) mass is 314 g/mol. The summed E-state index contributed by atoms with van der Waals surface area (Å²) in [6.07, 6.45) is 4.77. The number of ether oxygens (including phenoxy) is 1. The second kappa shape index (κ2) is 8.22. The molecule has 2 heterocycles. The molecule has 1 aromatic heterocycles. The summed E-state index contributed by atoms with van der Waals surface area (Å²) in [4.78, 5) is 6.96. The lowest BCUT2D eigenvalue weighted by atomic mass is 10.1. The summed E-state index contributed by atoms with van der Waals surface area (Å²) in [6, 6.07) is 11.1. The van der Waals surface area contributed by atoms with Gasteiger partial charge in [0, 0.05) is 32.1 Å². The van der Waals surface area contributed by atoms with Crippen LogP contribution in [0.25, 0.3) is 0 Å². The Bertz CT molecular complexity index is 578. The summed E-state index contributed by atoms with van der Waals surface area (Å²) in [5.41, 5.74) is 1.34. The molecule has 1 fully saturated rings. The lowest BCUT2D eigenvalue weighted by Gasteiger charge is -2.32. The van der Waals surface area contributed by atoms with E-state index in [1.165, 1.54) is 5.56 Å². The Kier molecular flexibility index (Phi) is 5.77. The summed E-state index contributed by atoms with van der Waals surface area (Å²) in [5, 5.41) is 4.39. The van der Waals surface area contributed by atoms with Crippen LogP contribution >= 0.6 is 0 Å². The Labute approximate surface area is 138 Å². The van der Waals surface area contributed by atoms with Crippen molar-refractivity contribution in [2.45, 2.75) is 38.8 Å². The predicted molar refractivity (Wildman–Crippen MR) is 90.3 cm³/mol. The van der Waals surface area contributed by atoms with E-state index < -0.39 is 0 Å². The largest absolute Gasteiger partial charge is 0.379 e. The van der Waals surface area contributed by atoms with Crippen LogP contribution in [0.15, 0.2) is 36.7 Å². The van der Waals surface area contributed by atoms with Crippen molar-refractivity contribution in [3.63, 3.8) is 0 Å². The standard InChI is InChI=1S/C18H26N4O/c1-16(21-11-13-23-14-12-21)7-8-18-19-15-20-22(18)10-9-17-5-3-2-4-6-17/h2-6,15-16H,7-14H2,1H3. The van der Waals surface area contributed by atoms with Crippen molar-refractivity contribution in [1.29, 1.82) is 0 Å². The second-order valence-electron chi connectivity index (χ2n) is 6.17. The minimum Gasteiger partial charge on any atom is -0.379 e. The average Bonchev–Trinajstić information content (AvgIpc) is 3.07. The van der Waals surface area contributed by atoms with E-state index in [9.17, 15) is 0 Å². The van der Waals surface area contributed by atoms with Gasteiger partial charge in [-0.2, -0.15) is 5.10 Å². The number of aromatic nitrogens is 3. The third-order valence-corrected chi connectivity index (χ3v) is 4.61. The minimum absolute atomic E-state index is 0.568. The maximum atomic E-state index is 5.43. The quantitative estimate of drug-likeness (QED) is 0.785. The molecular weight excluding hydrogens is 288 g/mol. The molecule has 2 aromatic rings. The van der Waals surface area contributed by atoms with Crippen LogP contribution in [0.1, 0.15) is 24.7 Å². The van der Waals surface area contributed by atoms with Crippen molar-refractivity contribution in [2.24, 2.45) is 0 Å². The van der Waals surface area contributed by atoms with Crippen LogP contribution in [0.2, 0.25) is 0 Å². The molecule has 0 amide bonds. The Morgan fingerprint density at radius 3 is 2.70 bits per heavy atom. The number of hydrogen-bond donors (Lipinski definition) is 0. The molecule has 1 unspecified atom stereocenters. The molecule has 1 aromatic carbocycles. The predicted octanol–water partition coefficient (Wildman–Crippen LogP) is 2.17. The molecule has 0 N–H and O–H groups in total. The highest BCUT2D eigenvalue weighted by molar-refractivity contribution is 5.14. The van der Waals surface area contributed by atoms with Crippen LogP contribution in [-0.2, 0) is 24.1 Å². The van der Waals surface area contributed by atoms with Crippen molar-refractivity contribution >= 4 is 0 Å². The van der Waals surface area contributed by atoms with Gasteiger partial charge in [0.2, 0.25) is 0 Å². The normalized spacial score (nSPS) is 17.3. The summed E-state index contributed by atoms with van der Waals surface area (Å²) >= 11 is 0. The smallest absolute Gasteiger partial charge is 0.138 e. The first-order chi connectivity index (χ1) is 11.3. The van der Waals surface area contributed by atoms with Crippen LogP contribution in [0.5, 0.6) is 0 Å².